The summed E-state index contributed by atoms with van der Waals surface area (Å²) in [6.45, 7) is 0.200. The molecule has 2 aromatic carbocycles. The van der Waals surface area contributed by atoms with E-state index in [4.69, 9.17) is 10.5 Å². The maximum Gasteiger partial charge on any atom is 0.323 e. The second kappa shape index (κ2) is 7.97. The van der Waals surface area contributed by atoms with Crippen LogP contribution in [-0.2, 0) is 11.3 Å². The normalized spacial score (nSPS) is 18.7. The lowest BCUT2D eigenvalue weighted by Crippen LogP contribution is -2.54. The summed E-state index contributed by atoms with van der Waals surface area (Å²) < 4.78 is 5.21. The zero-order chi connectivity index (χ0) is 23.9. The predicted octanol–water partition coefficient (Wildman–Crippen LogP) is 1.25. The lowest BCUT2D eigenvalue weighted by Gasteiger charge is -2.26. The molecule has 1 aromatic heterocycles. The van der Waals surface area contributed by atoms with Gasteiger partial charge in [-0.1, -0.05) is 30.0 Å². The SMILES string of the molecule is COc1ccc2c(c1)C(=O)N(C[C@@]1(C#Cc3ccc(-c4cc(N)n[nH]4)cc3)NC(=O)NC1=O)C2. The molecule has 1 atom stereocenters. The third-order valence-corrected chi connectivity index (χ3v) is 5.78. The van der Waals surface area contributed by atoms with Crippen LogP contribution in [0.5, 0.6) is 5.75 Å². The Kier molecular flexibility index (Phi) is 4.94. The number of urea groups is 1. The predicted molar refractivity (Wildman–Crippen MR) is 122 cm³/mol. The van der Waals surface area contributed by atoms with Crippen LogP contribution in [0.15, 0.2) is 48.5 Å². The highest BCUT2D eigenvalue weighted by molar-refractivity contribution is 6.10. The van der Waals surface area contributed by atoms with Gasteiger partial charge in [0.05, 0.1) is 19.3 Å². The summed E-state index contributed by atoms with van der Waals surface area (Å²) in [5.74, 6) is 5.95. The Hall–Kier alpha value is -4.78. The van der Waals surface area contributed by atoms with Crippen LogP contribution < -0.4 is 21.1 Å². The molecule has 3 aromatic rings. The number of benzene rings is 2. The number of fused-ring (bicyclic) bond motifs is 1. The maximum atomic E-state index is 13.0. The van der Waals surface area contributed by atoms with Gasteiger partial charge in [-0.15, -0.1) is 0 Å². The Morgan fingerprint density at radius 1 is 1.15 bits per heavy atom. The first kappa shape index (κ1) is 21.1. The Bertz CT molecular complexity index is 1380. The molecule has 10 nitrogen and oxygen atoms in total. The number of carbonyl (C=O) groups excluding carboxylic acids is 3. The fourth-order valence-corrected chi connectivity index (χ4v) is 4.01. The van der Waals surface area contributed by atoms with Gasteiger partial charge in [-0.25, -0.2) is 4.79 Å². The number of hydrogen-bond donors (Lipinski definition) is 4. The number of methoxy groups -OCH3 is 1. The van der Waals surface area contributed by atoms with Crippen molar-refractivity contribution in [2.75, 3.05) is 19.4 Å². The zero-order valence-electron chi connectivity index (χ0n) is 18.1. The van der Waals surface area contributed by atoms with Gasteiger partial charge in [0, 0.05) is 23.7 Å². The van der Waals surface area contributed by atoms with E-state index in [0.717, 1.165) is 16.8 Å². The van der Waals surface area contributed by atoms with Gasteiger partial charge >= 0.3 is 6.03 Å². The third kappa shape index (κ3) is 3.69. The summed E-state index contributed by atoms with van der Waals surface area (Å²) in [5.41, 5.74) is 7.65. The van der Waals surface area contributed by atoms with Crippen LogP contribution in [-0.4, -0.2) is 52.1 Å². The molecule has 0 radical (unpaired) electrons. The van der Waals surface area contributed by atoms with E-state index < -0.39 is 17.5 Å². The number of imide groups is 1. The number of rotatable bonds is 4. The molecule has 1 fully saturated rings. The van der Waals surface area contributed by atoms with E-state index in [9.17, 15) is 14.4 Å². The number of nitrogens with one attached hydrogen (secondary N) is 3. The van der Waals surface area contributed by atoms with Gasteiger partial charge in [-0.05, 0) is 35.4 Å². The highest BCUT2D eigenvalue weighted by Crippen LogP contribution is 2.28. The number of aromatic nitrogens is 2. The highest BCUT2D eigenvalue weighted by atomic mass is 16.5. The average molecular weight is 456 g/mol. The summed E-state index contributed by atoms with van der Waals surface area (Å²) in [4.78, 5) is 39.2. The molecule has 0 bridgehead atoms. The van der Waals surface area contributed by atoms with Crippen LogP contribution >= 0.6 is 0 Å². The van der Waals surface area contributed by atoms with Crippen molar-refractivity contribution >= 4 is 23.7 Å². The Morgan fingerprint density at radius 3 is 2.59 bits per heavy atom. The Balaban J connectivity index is 1.41. The van der Waals surface area contributed by atoms with Crippen LogP contribution in [0, 0.1) is 11.8 Å². The number of anilines is 1. The van der Waals surface area contributed by atoms with Crippen LogP contribution in [0.25, 0.3) is 11.3 Å². The van der Waals surface area contributed by atoms with Crippen LogP contribution in [0.4, 0.5) is 10.6 Å². The van der Waals surface area contributed by atoms with Gasteiger partial charge in [0.1, 0.15) is 11.6 Å². The molecule has 2 aliphatic heterocycles. The molecule has 5 N–H and O–H groups in total. The van der Waals surface area contributed by atoms with Gasteiger partial charge < -0.3 is 20.7 Å². The van der Waals surface area contributed by atoms with E-state index in [1.54, 1.807) is 30.3 Å². The number of amides is 4. The van der Waals surface area contributed by atoms with E-state index >= 15 is 0 Å². The molecule has 170 valence electrons. The molecule has 0 aliphatic carbocycles. The molecular formula is C24H20N6O4. The quantitative estimate of drug-likeness (QED) is 0.344. The molecule has 10 heteroatoms. The number of nitrogen functional groups attached to an aromatic ring is 1. The van der Waals surface area contributed by atoms with E-state index in [0.29, 0.717) is 29.2 Å². The third-order valence-electron chi connectivity index (χ3n) is 5.78. The van der Waals surface area contributed by atoms with E-state index in [-0.39, 0.29) is 12.5 Å². The molecule has 3 heterocycles. The van der Waals surface area contributed by atoms with Crippen molar-refractivity contribution < 1.29 is 19.1 Å². The fourth-order valence-electron chi connectivity index (χ4n) is 4.01. The second-order valence-electron chi connectivity index (χ2n) is 8.03. The van der Waals surface area contributed by atoms with Crippen molar-refractivity contribution in [3.05, 3.63) is 65.2 Å². The van der Waals surface area contributed by atoms with Gasteiger partial charge in [0.25, 0.3) is 11.8 Å². The van der Waals surface area contributed by atoms with Crippen molar-refractivity contribution in [2.24, 2.45) is 0 Å². The Labute approximate surface area is 194 Å². The second-order valence-corrected chi connectivity index (χ2v) is 8.03. The summed E-state index contributed by atoms with van der Waals surface area (Å²) in [6, 6.07) is 13.6. The first-order chi connectivity index (χ1) is 16.4. The van der Waals surface area contributed by atoms with Crippen molar-refractivity contribution in [1.82, 2.24) is 25.7 Å². The van der Waals surface area contributed by atoms with Gasteiger partial charge in [0.15, 0.2) is 0 Å². The molecular weight excluding hydrogens is 436 g/mol. The largest absolute Gasteiger partial charge is 0.497 e. The first-order valence-corrected chi connectivity index (χ1v) is 10.4. The molecule has 34 heavy (non-hydrogen) atoms. The van der Waals surface area contributed by atoms with Gasteiger partial charge in [-0.3, -0.25) is 20.0 Å². The van der Waals surface area contributed by atoms with E-state index in [1.165, 1.54) is 12.0 Å². The van der Waals surface area contributed by atoms with Crippen LogP contribution in [0.2, 0.25) is 0 Å². The lowest BCUT2D eigenvalue weighted by atomic mass is 9.98. The minimum Gasteiger partial charge on any atom is -0.497 e. The van der Waals surface area contributed by atoms with Crippen molar-refractivity contribution in [3.63, 3.8) is 0 Å². The molecule has 0 unspecified atom stereocenters. The number of nitrogens with two attached hydrogens (primary N) is 1. The zero-order valence-corrected chi connectivity index (χ0v) is 18.1. The van der Waals surface area contributed by atoms with E-state index in [1.807, 2.05) is 18.2 Å². The smallest absolute Gasteiger partial charge is 0.323 e. The molecule has 0 spiro atoms. The summed E-state index contributed by atoms with van der Waals surface area (Å²) in [5, 5.41) is 11.6. The van der Waals surface area contributed by atoms with E-state index in [2.05, 4.69) is 32.7 Å². The summed E-state index contributed by atoms with van der Waals surface area (Å²) in [6.07, 6.45) is 0. The van der Waals surface area contributed by atoms with Crippen molar-refractivity contribution in [2.45, 2.75) is 12.1 Å². The first-order valence-electron chi connectivity index (χ1n) is 10.4. The van der Waals surface area contributed by atoms with Crippen LogP contribution in [0.1, 0.15) is 21.5 Å². The average Bonchev–Trinajstić information content (AvgIpc) is 3.48. The standard InChI is InChI=1S/C24H20N6O4/c1-34-17-7-6-16-12-30(21(31)18(16)10-17)13-24(22(32)26-23(33)27-24)9-8-14-2-4-15(5-3-14)19-11-20(25)29-28-19/h2-7,10-11H,12-13H2,1H3,(H3,25,28,29)(H2,26,27,32,33)/t24-/m1/s1. The number of nitrogens with zero attached hydrogens (tertiary/aromatic N) is 2. The molecule has 4 amide bonds. The topological polar surface area (TPSA) is 142 Å². The van der Waals surface area contributed by atoms with Gasteiger partial charge in [-0.2, -0.15) is 5.10 Å². The van der Waals surface area contributed by atoms with Crippen LogP contribution in [0.3, 0.4) is 0 Å². The number of H-pyrrole nitrogens is 1. The fraction of sp³-hybridized carbons (Fsp3) is 0.167. The minimum absolute atomic E-state index is 0.0983. The lowest BCUT2D eigenvalue weighted by molar-refractivity contribution is -0.122. The number of aromatic amines is 1. The molecule has 1 saturated heterocycles. The number of carbonyl (C=O) groups is 3. The summed E-state index contributed by atoms with van der Waals surface area (Å²) >= 11 is 0. The highest BCUT2D eigenvalue weighted by Gasteiger charge is 2.48. The maximum absolute atomic E-state index is 13.0. The van der Waals surface area contributed by atoms with Crippen molar-refractivity contribution in [1.29, 1.82) is 0 Å². The number of ether oxygens (including phenoxy) is 1. The molecule has 0 saturated carbocycles. The Morgan fingerprint density at radius 2 is 1.94 bits per heavy atom. The summed E-state index contributed by atoms with van der Waals surface area (Å²) in [7, 11) is 1.53. The number of hydrogen-bond acceptors (Lipinski definition) is 6. The monoisotopic (exact) mass is 456 g/mol. The minimum atomic E-state index is -1.57. The molecule has 2 aliphatic rings. The molecule has 5 rings (SSSR count). The van der Waals surface area contributed by atoms with Crippen molar-refractivity contribution in [3.8, 4) is 28.8 Å². The van der Waals surface area contributed by atoms with Gasteiger partial charge in [0.2, 0.25) is 5.54 Å².